The van der Waals surface area contributed by atoms with Crippen molar-refractivity contribution in [3.05, 3.63) is 70.8 Å². The number of methoxy groups -OCH3 is 2. The SMILES string of the molecule is COc1ccc(NC(=O)C2CCN(c3ccc(=O)n(-c4ccc(F)cc4)n3)CC2)c(OC)c1. The van der Waals surface area contributed by atoms with Gasteiger partial charge in [-0.15, -0.1) is 5.10 Å². The zero-order valence-electron chi connectivity index (χ0n) is 18.5. The maximum absolute atomic E-state index is 13.2. The lowest BCUT2D eigenvalue weighted by atomic mass is 9.95. The van der Waals surface area contributed by atoms with E-state index in [1.807, 2.05) is 4.90 Å². The molecule has 0 saturated carbocycles. The van der Waals surface area contributed by atoms with Crippen molar-refractivity contribution in [2.75, 3.05) is 37.5 Å². The van der Waals surface area contributed by atoms with Crippen LogP contribution in [0.15, 0.2) is 59.4 Å². The highest BCUT2D eigenvalue weighted by molar-refractivity contribution is 5.94. The second-order valence-corrected chi connectivity index (χ2v) is 7.73. The van der Waals surface area contributed by atoms with Gasteiger partial charge in [0.2, 0.25) is 5.91 Å². The first-order valence-electron chi connectivity index (χ1n) is 10.6. The summed E-state index contributed by atoms with van der Waals surface area (Å²) in [5.41, 5.74) is 0.790. The molecular formula is C24H25FN4O4. The zero-order chi connectivity index (χ0) is 23.4. The van der Waals surface area contributed by atoms with E-state index in [1.54, 1.807) is 38.5 Å². The molecule has 0 bridgehead atoms. The summed E-state index contributed by atoms with van der Waals surface area (Å²) in [6.07, 6.45) is 1.28. The van der Waals surface area contributed by atoms with Crippen LogP contribution >= 0.6 is 0 Å². The summed E-state index contributed by atoms with van der Waals surface area (Å²) in [5, 5.41) is 7.40. The first kappa shape index (κ1) is 22.3. The van der Waals surface area contributed by atoms with Gasteiger partial charge in [-0.3, -0.25) is 9.59 Å². The van der Waals surface area contributed by atoms with Crippen LogP contribution in [0.5, 0.6) is 11.5 Å². The van der Waals surface area contributed by atoms with Crippen molar-refractivity contribution >= 4 is 17.4 Å². The Kier molecular flexibility index (Phi) is 6.58. The molecule has 0 atom stereocenters. The molecule has 1 N–H and O–H groups in total. The van der Waals surface area contributed by atoms with Crippen LogP contribution in [0.4, 0.5) is 15.9 Å². The molecule has 172 valence electrons. The molecule has 9 heteroatoms. The van der Waals surface area contributed by atoms with E-state index in [0.29, 0.717) is 54.6 Å². The molecule has 2 heterocycles. The van der Waals surface area contributed by atoms with Gasteiger partial charge >= 0.3 is 0 Å². The van der Waals surface area contributed by atoms with E-state index in [0.717, 1.165) is 0 Å². The summed E-state index contributed by atoms with van der Waals surface area (Å²) in [7, 11) is 3.11. The molecule has 1 amide bonds. The largest absolute Gasteiger partial charge is 0.497 e. The van der Waals surface area contributed by atoms with Crippen LogP contribution in [0.3, 0.4) is 0 Å². The van der Waals surface area contributed by atoms with Gasteiger partial charge in [0.15, 0.2) is 0 Å². The number of carbonyl (C=O) groups excluding carboxylic acids is 1. The fourth-order valence-electron chi connectivity index (χ4n) is 3.84. The van der Waals surface area contributed by atoms with E-state index < -0.39 is 0 Å². The molecule has 2 aromatic carbocycles. The molecule has 0 unspecified atom stereocenters. The van der Waals surface area contributed by atoms with E-state index in [4.69, 9.17) is 9.47 Å². The predicted octanol–water partition coefficient (Wildman–Crippen LogP) is 3.24. The number of nitrogens with zero attached hydrogens (tertiary/aromatic N) is 3. The normalized spacial score (nSPS) is 14.1. The Hall–Kier alpha value is -3.88. The van der Waals surface area contributed by atoms with Crippen LogP contribution in [-0.4, -0.2) is 43.0 Å². The third kappa shape index (κ3) is 4.97. The van der Waals surface area contributed by atoms with Crippen LogP contribution in [0.25, 0.3) is 5.69 Å². The molecule has 3 aromatic rings. The average molecular weight is 452 g/mol. The maximum Gasteiger partial charge on any atom is 0.271 e. The Morgan fingerprint density at radius 3 is 2.42 bits per heavy atom. The Morgan fingerprint density at radius 1 is 1.03 bits per heavy atom. The van der Waals surface area contributed by atoms with Crippen LogP contribution in [0, 0.1) is 11.7 Å². The number of halogens is 1. The van der Waals surface area contributed by atoms with Crippen molar-refractivity contribution in [3.8, 4) is 17.2 Å². The molecule has 0 radical (unpaired) electrons. The minimum atomic E-state index is -0.379. The zero-order valence-corrected chi connectivity index (χ0v) is 18.5. The standard InChI is InChI=1S/C24H25FN4O4/c1-32-19-7-8-20(21(15-19)33-2)26-24(31)16-11-13-28(14-12-16)22-9-10-23(30)29(27-22)18-5-3-17(25)4-6-18/h3-10,15-16H,11-14H2,1-2H3,(H,26,31). The summed E-state index contributed by atoms with van der Waals surface area (Å²) in [6.45, 7) is 1.24. The monoisotopic (exact) mass is 452 g/mol. The molecule has 0 aliphatic carbocycles. The lowest BCUT2D eigenvalue weighted by Crippen LogP contribution is -2.39. The van der Waals surface area contributed by atoms with Crippen molar-refractivity contribution in [3.63, 3.8) is 0 Å². The van der Waals surface area contributed by atoms with Crippen LogP contribution in [0.1, 0.15) is 12.8 Å². The number of nitrogens with one attached hydrogen (secondary N) is 1. The summed E-state index contributed by atoms with van der Waals surface area (Å²) in [4.78, 5) is 27.1. The second kappa shape index (κ2) is 9.72. The first-order valence-corrected chi connectivity index (χ1v) is 10.6. The highest BCUT2D eigenvalue weighted by atomic mass is 19.1. The summed E-state index contributed by atoms with van der Waals surface area (Å²) < 4.78 is 25.0. The Morgan fingerprint density at radius 2 is 1.76 bits per heavy atom. The number of piperidine rings is 1. The number of rotatable bonds is 6. The lowest BCUT2D eigenvalue weighted by Gasteiger charge is -2.32. The number of hydrogen-bond donors (Lipinski definition) is 1. The highest BCUT2D eigenvalue weighted by Crippen LogP contribution is 2.30. The molecule has 33 heavy (non-hydrogen) atoms. The smallest absolute Gasteiger partial charge is 0.271 e. The van der Waals surface area contributed by atoms with Crippen molar-refractivity contribution in [2.24, 2.45) is 5.92 Å². The number of aromatic nitrogens is 2. The highest BCUT2D eigenvalue weighted by Gasteiger charge is 2.26. The van der Waals surface area contributed by atoms with Gasteiger partial charge in [0.1, 0.15) is 23.1 Å². The molecule has 0 spiro atoms. The molecule has 1 aliphatic rings. The number of amides is 1. The topological polar surface area (TPSA) is 85.7 Å². The van der Waals surface area contributed by atoms with E-state index in [9.17, 15) is 14.0 Å². The Balaban J connectivity index is 1.42. The molecule has 1 aromatic heterocycles. The summed E-state index contributed by atoms with van der Waals surface area (Å²) >= 11 is 0. The van der Waals surface area contributed by atoms with Crippen molar-refractivity contribution in [1.82, 2.24) is 9.78 Å². The van der Waals surface area contributed by atoms with E-state index in [2.05, 4.69) is 10.4 Å². The maximum atomic E-state index is 13.2. The quantitative estimate of drug-likeness (QED) is 0.618. The fourth-order valence-corrected chi connectivity index (χ4v) is 3.84. The van der Waals surface area contributed by atoms with Crippen molar-refractivity contribution < 1.29 is 18.7 Å². The lowest BCUT2D eigenvalue weighted by molar-refractivity contribution is -0.120. The van der Waals surface area contributed by atoms with Crippen LogP contribution in [-0.2, 0) is 4.79 Å². The third-order valence-electron chi connectivity index (χ3n) is 5.71. The molecule has 1 fully saturated rings. The number of anilines is 2. The molecule has 1 saturated heterocycles. The van der Waals surface area contributed by atoms with Gasteiger partial charge in [-0.25, -0.2) is 4.39 Å². The molecular weight excluding hydrogens is 427 g/mol. The Bertz CT molecular complexity index is 1190. The van der Waals surface area contributed by atoms with Crippen molar-refractivity contribution in [1.29, 1.82) is 0 Å². The second-order valence-electron chi connectivity index (χ2n) is 7.73. The minimum absolute atomic E-state index is 0.0673. The molecule has 4 rings (SSSR count). The van der Waals surface area contributed by atoms with Gasteiger partial charge < -0.3 is 19.7 Å². The van der Waals surface area contributed by atoms with Gasteiger partial charge in [0, 0.05) is 31.1 Å². The molecule has 1 aliphatic heterocycles. The fraction of sp³-hybridized carbons (Fsp3) is 0.292. The van der Waals surface area contributed by atoms with Gasteiger partial charge in [-0.05, 0) is 55.3 Å². The van der Waals surface area contributed by atoms with Gasteiger partial charge in [0.05, 0.1) is 25.6 Å². The van der Waals surface area contributed by atoms with Crippen LogP contribution in [0.2, 0.25) is 0 Å². The average Bonchev–Trinajstić information content (AvgIpc) is 2.85. The Labute approximate surface area is 190 Å². The van der Waals surface area contributed by atoms with Gasteiger partial charge in [0.25, 0.3) is 5.56 Å². The summed E-state index contributed by atoms with van der Waals surface area (Å²) in [6, 6.07) is 14.0. The van der Waals surface area contributed by atoms with Gasteiger partial charge in [-0.2, -0.15) is 4.68 Å². The first-order chi connectivity index (χ1) is 16.0. The van der Waals surface area contributed by atoms with Crippen molar-refractivity contribution in [2.45, 2.75) is 12.8 Å². The van der Waals surface area contributed by atoms with E-state index in [-0.39, 0.29) is 23.2 Å². The van der Waals surface area contributed by atoms with Crippen LogP contribution < -0.4 is 25.2 Å². The predicted molar refractivity (Wildman–Crippen MR) is 123 cm³/mol. The third-order valence-corrected chi connectivity index (χ3v) is 5.71. The van der Waals surface area contributed by atoms with E-state index in [1.165, 1.54) is 35.0 Å². The van der Waals surface area contributed by atoms with Gasteiger partial charge in [-0.1, -0.05) is 0 Å². The number of hydrogen-bond acceptors (Lipinski definition) is 6. The molecule has 8 nitrogen and oxygen atoms in total. The number of benzene rings is 2. The number of ether oxygens (including phenoxy) is 2. The van der Waals surface area contributed by atoms with E-state index >= 15 is 0 Å². The summed E-state index contributed by atoms with van der Waals surface area (Å²) in [5.74, 6) is 1.21. The number of carbonyl (C=O) groups is 1. The minimum Gasteiger partial charge on any atom is -0.497 e.